The van der Waals surface area contributed by atoms with Crippen LogP contribution in [-0.2, 0) is 4.79 Å². The van der Waals surface area contributed by atoms with Crippen molar-refractivity contribution in [1.29, 1.82) is 0 Å². The predicted octanol–water partition coefficient (Wildman–Crippen LogP) is -1.13. The zero-order valence-electron chi connectivity index (χ0n) is 15.5. The smallest absolute Gasteiger partial charge is 0.434 e. The number of carboxylic acid groups (broad SMARTS) is 1. The van der Waals surface area contributed by atoms with Crippen LogP contribution in [0.1, 0.15) is 34.7 Å². The first kappa shape index (κ1) is 18.7. The van der Waals surface area contributed by atoms with E-state index in [-0.39, 0.29) is 35.0 Å². The van der Waals surface area contributed by atoms with Gasteiger partial charge in [0.1, 0.15) is 17.4 Å². The Morgan fingerprint density at radius 1 is 1.24 bits per heavy atom. The second-order valence-corrected chi connectivity index (χ2v) is 8.38. The van der Waals surface area contributed by atoms with Crippen molar-refractivity contribution in [2.24, 2.45) is 0 Å². The van der Waals surface area contributed by atoms with Crippen LogP contribution in [0.25, 0.3) is 0 Å². The van der Waals surface area contributed by atoms with E-state index in [4.69, 9.17) is 9.39 Å². The number of hydrogen-bond donors (Lipinski definition) is 5. The van der Waals surface area contributed by atoms with Crippen LogP contribution in [0.5, 0.6) is 11.5 Å². The van der Waals surface area contributed by atoms with Crippen molar-refractivity contribution in [3.63, 3.8) is 0 Å². The molecule has 3 aliphatic heterocycles. The third-order valence-electron chi connectivity index (χ3n) is 6.31. The third-order valence-corrected chi connectivity index (χ3v) is 6.31. The topological polar surface area (TPSA) is 149 Å². The molecule has 156 valence electrons. The second-order valence-electron chi connectivity index (χ2n) is 8.38. The van der Waals surface area contributed by atoms with Crippen LogP contribution in [0.4, 0.5) is 0 Å². The number of likely N-dealkylation sites (tertiary alicyclic amines) is 1. The lowest BCUT2D eigenvalue weighted by Gasteiger charge is -2.41. The molecular formula is C18H22BN2O8-. The number of β-amino-alcohol motifs (C(OH)–C–C–N with tert-alkyl or cyclic N) is 1. The summed E-state index contributed by atoms with van der Waals surface area (Å²) in [5.41, 5.74) is 0.421. The number of benzene rings is 1. The van der Waals surface area contributed by atoms with Gasteiger partial charge in [-0.05, 0) is 24.0 Å². The molecule has 3 heterocycles. The van der Waals surface area contributed by atoms with Gasteiger partial charge in [0.2, 0.25) is 5.91 Å². The number of fused-ring (bicyclic) bond motifs is 3. The summed E-state index contributed by atoms with van der Waals surface area (Å²) in [7, 11) is 0. The van der Waals surface area contributed by atoms with Gasteiger partial charge in [-0.2, -0.15) is 0 Å². The van der Waals surface area contributed by atoms with Crippen molar-refractivity contribution >= 4 is 18.6 Å². The molecule has 4 aliphatic rings. The van der Waals surface area contributed by atoms with Gasteiger partial charge in [-0.15, -0.1) is 0 Å². The van der Waals surface area contributed by atoms with Gasteiger partial charge in [0.15, 0.2) is 0 Å². The maximum absolute atomic E-state index is 12.4. The number of aromatic carboxylic acids is 1. The molecule has 0 spiro atoms. The van der Waals surface area contributed by atoms with Crippen LogP contribution in [0, 0.1) is 0 Å². The van der Waals surface area contributed by atoms with Gasteiger partial charge in [-0.25, -0.2) is 4.79 Å². The lowest BCUT2D eigenvalue weighted by molar-refractivity contribution is -0.142. The Kier molecular flexibility index (Phi) is 4.08. The summed E-state index contributed by atoms with van der Waals surface area (Å²) >= 11 is 0. The number of aliphatic hydroxyl groups is 1. The number of amides is 1. The van der Waals surface area contributed by atoms with Crippen molar-refractivity contribution in [3.05, 3.63) is 23.3 Å². The number of carboxylic acids is 1. The summed E-state index contributed by atoms with van der Waals surface area (Å²) in [5.74, 6) is -1.87. The zero-order valence-corrected chi connectivity index (χ0v) is 15.5. The van der Waals surface area contributed by atoms with Gasteiger partial charge in [0, 0.05) is 6.54 Å². The molecule has 0 unspecified atom stereocenters. The number of carbonyl (C=O) groups excluding carboxylic acids is 1. The largest absolute Gasteiger partial charge is 0.669 e. The standard InChI is InChI=1S/C18H22BN2O8/c22-8-3-13(20-5-8)17(23)21-6-9(7-21)28-14-2-1-10-11-4-12(11)19(26,27)29-16(10)15(14)18(24)25/h1-2,8-9,11-13,20,22,26-27H,3-7H2,(H,24,25)/q-1/t8-,11+,12+,13-/m1/s1. The molecule has 1 aliphatic carbocycles. The average molecular weight is 405 g/mol. The summed E-state index contributed by atoms with van der Waals surface area (Å²) in [4.78, 5) is 25.9. The molecule has 2 saturated heterocycles. The first-order chi connectivity index (χ1) is 13.7. The SMILES string of the molecule is O=C(O)c1c(OC2CN(C(=O)[C@H]3C[C@@H](O)CN3)C2)ccc2c1O[B-](O)(O)[C@H]1C[C@@H]21. The molecule has 3 fully saturated rings. The monoisotopic (exact) mass is 405 g/mol. The molecule has 5 N–H and O–H groups in total. The fourth-order valence-corrected chi connectivity index (χ4v) is 4.61. The highest BCUT2D eigenvalue weighted by Gasteiger charge is 2.55. The van der Waals surface area contributed by atoms with Crippen molar-refractivity contribution in [2.45, 2.75) is 42.8 Å². The van der Waals surface area contributed by atoms with E-state index in [2.05, 4.69) is 5.32 Å². The van der Waals surface area contributed by atoms with Crippen LogP contribution in [0.2, 0.25) is 5.82 Å². The van der Waals surface area contributed by atoms with Crippen molar-refractivity contribution in [3.8, 4) is 11.5 Å². The normalized spacial score (nSPS) is 31.9. The van der Waals surface area contributed by atoms with E-state index in [0.29, 0.717) is 38.0 Å². The quantitative estimate of drug-likeness (QED) is 0.393. The molecule has 0 radical (unpaired) electrons. The maximum atomic E-state index is 12.4. The summed E-state index contributed by atoms with van der Waals surface area (Å²) in [6.45, 7) is -2.09. The Morgan fingerprint density at radius 2 is 2.00 bits per heavy atom. The molecular weight excluding hydrogens is 383 g/mol. The minimum Gasteiger partial charge on any atom is -0.669 e. The van der Waals surface area contributed by atoms with E-state index in [0.717, 1.165) is 0 Å². The fourth-order valence-electron chi connectivity index (χ4n) is 4.61. The van der Waals surface area contributed by atoms with Gasteiger partial charge >= 0.3 is 12.7 Å². The van der Waals surface area contributed by atoms with Crippen molar-refractivity contribution in [1.82, 2.24) is 10.2 Å². The number of rotatable bonds is 4. The maximum Gasteiger partial charge on any atom is 0.434 e. The van der Waals surface area contributed by atoms with Crippen LogP contribution in [0.3, 0.4) is 0 Å². The molecule has 1 aromatic carbocycles. The highest BCUT2D eigenvalue weighted by atomic mass is 16.6. The molecule has 11 heteroatoms. The molecule has 0 bridgehead atoms. The van der Waals surface area contributed by atoms with E-state index >= 15 is 0 Å². The molecule has 1 aromatic rings. The average Bonchev–Trinajstić information content (AvgIpc) is 3.32. The van der Waals surface area contributed by atoms with Crippen LogP contribution in [-0.4, -0.2) is 81.7 Å². The first-order valence-electron chi connectivity index (χ1n) is 9.80. The van der Waals surface area contributed by atoms with E-state index < -0.39 is 30.7 Å². The number of nitrogens with zero attached hydrogens (tertiary/aromatic N) is 1. The summed E-state index contributed by atoms with van der Waals surface area (Å²) in [6, 6.07) is 2.86. The molecule has 1 amide bonds. The zero-order chi connectivity index (χ0) is 20.5. The van der Waals surface area contributed by atoms with Crippen molar-refractivity contribution in [2.75, 3.05) is 19.6 Å². The lowest BCUT2D eigenvalue weighted by atomic mass is 9.68. The molecule has 0 aromatic heterocycles. The molecule has 29 heavy (non-hydrogen) atoms. The Morgan fingerprint density at radius 3 is 2.66 bits per heavy atom. The van der Waals surface area contributed by atoms with Gasteiger partial charge in [0.25, 0.3) is 0 Å². The van der Waals surface area contributed by atoms with Gasteiger partial charge in [-0.1, -0.05) is 18.3 Å². The minimum atomic E-state index is -3.09. The van der Waals surface area contributed by atoms with E-state index in [1.54, 1.807) is 17.0 Å². The second kappa shape index (κ2) is 6.33. The molecule has 1 saturated carbocycles. The predicted molar refractivity (Wildman–Crippen MR) is 98.7 cm³/mol. The number of ether oxygens (including phenoxy) is 1. The summed E-state index contributed by atoms with van der Waals surface area (Å²) < 4.78 is 11.1. The Bertz CT molecular complexity index is 887. The minimum absolute atomic E-state index is 0.0462. The summed E-state index contributed by atoms with van der Waals surface area (Å²) in [5, 5.41) is 42.4. The molecule has 5 rings (SSSR count). The van der Waals surface area contributed by atoms with Crippen LogP contribution in [0.15, 0.2) is 12.1 Å². The fraction of sp³-hybridized carbons (Fsp3) is 0.556. The van der Waals surface area contributed by atoms with Gasteiger partial charge < -0.3 is 39.9 Å². The molecule has 4 atom stereocenters. The Hall–Kier alpha value is -2.34. The van der Waals surface area contributed by atoms with Crippen molar-refractivity contribution < 1.29 is 39.2 Å². The van der Waals surface area contributed by atoms with Gasteiger partial charge in [-0.3, -0.25) is 4.79 Å². The highest BCUT2D eigenvalue weighted by molar-refractivity contribution is 6.62. The molecule has 10 nitrogen and oxygen atoms in total. The van der Waals surface area contributed by atoms with Crippen LogP contribution < -0.4 is 14.7 Å². The van der Waals surface area contributed by atoms with E-state index in [1.807, 2.05) is 0 Å². The number of nitrogens with one attached hydrogen (secondary N) is 1. The number of hydrogen-bond acceptors (Lipinski definition) is 8. The van der Waals surface area contributed by atoms with E-state index in [1.165, 1.54) is 0 Å². The first-order valence-corrected chi connectivity index (χ1v) is 9.80. The van der Waals surface area contributed by atoms with Gasteiger partial charge in [0.05, 0.1) is 31.0 Å². The third kappa shape index (κ3) is 3.05. The number of aliphatic hydroxyl groups excluding tert-OH is 1. The Labute approximate surface area is 166 Å². The number of carbonyl (C=O) groups is 2. The highest BCUT2D eigenvalue weighted by Crippen LogP contribution is 2.63. The summed E-state index contributed by atoms with van der Waals surface area (Å²) in [6.07, 6.45) is 0.0178. The van der Waals surface area contributed by atoms with Crippen LogP contribution >= 0.6 is 0 Å². The van der Waals surface area contributed by atoms with E-state index in [9.17, 15) is 29.9 Å². The lowest BCUT2D eigenvalue weighted by Crippen LogP contribution is -2.59. The Balaban J connectivity index is 1.30.